The molecular formula is C14H30N2S. The quantitative estimate of drug-likeness (QED) is 0.723. The first kappa shape index (κ1) is 15.3. The minimum Gasteiger partial charge on any atom is -0.301 e. The molecule has 1 fully saturated rings. The van der Waals surface area contributed by atoms with Crippen molar-refractivity contribution in [3.05, 3.63) is 0 Å². The molecule has 0 spiro atoms. The molecule has 0 aromatic rings. The van der Waals surface area contributed by atoms with Crippen LogP contribution in [0.3, 0.4) is 0 Å². The molecule has 0 saturated carbocycles. The van der Waals surface area contributed by atoms with E-state index in [1.807, 2.05) is 11.8 Å². The Morgan fingerprint density at radius 1 is 1.06 bits per heavy atom. The Hall–Kier alpha value is 0.270. The Labute approximate surface area is 112 Å². The highest BCUT2D eigenvalue weighted by Crippen LogP contribution is 2.25. The van der Waals surface area contributed by atoms with Gasteiger partial charge in [0.25, 0.3) is 0 Å². The van der Waals surface area contributed by atoms with Crippen molar-refractivity contribution in [1.29, 1.82) is 0 Å². The standard InChI is InChI=1S/C14H30N2S/c1-13(2)12-16-10-8-15(9-11-16)7-6-14(3,4)17-5/h13H,6-12H2,1-5H3. The monoisotopic (exact) mass is 258 g/mol. The van der Waals surface area contributed by atoms with Crippen molar-refractivity contribution in [3.63, 3.8) is 0 Å². The largest absolute Gasteiger partial charge is 0.301 e. The van der Waals surface area contributed by atoms with Crippen molar-refractivity contribution in [3.8, 4) is 0 Å². The second-order valence-corrected chi connectivity index (χ2v) is 7.76. The molecule has 1 rings (SSSR count). The Kier molecular flexibility index (Phi) is 6.32. The molecule has 3 heteroatoms. The molecular weight excluding hydrogens is 228 g/mol. The molecule has 0 aromatic carbocycles. The highest BCUT2D eigenvalue weighted by molar-refractivity contribution is 7.99. The van der Waals surface area contributed by atoms with Crippen LogP contribution in [0, 0.1) is 5.92 Å². The van der Waals surface area contributed by atoms with Gasteiger partial charge in [-0.25, -0.2) is 0 Å². The molecule has 0 unspecified atom stereocenters. The van der Waals surface area contributed by atoms with Gasteiger partial charge in [-0.3, -0.25) is 0 Å². The fourth-order valence-electron chi connectivity index (χ4n) is 2.24. The molecule has 0 N–H and O–H groups in total. The Morgan fingerprint density at radius 2 is 1.59 bits per heavy atom. The predicted octanol–water partition coefficient (Wildman–Crippen LogP) is 2.79. The van der Waals surface area contributed by atoms with E-state index in [4.69, 9.17) is 0 Å². The second-order valence-electron chi connectivity index (χ2n) is 6.25. The van der Waals surface area contributed by atoms with Crippen molar-refractivity contribution < 1.29 is 0 Å². The molecule has 2 nitrogen and oxygen atoms in total. The van der Waals surface area contributed by atoms with E-state index in [-0.39, 0.29) is 0 Å². The van der Waals surface area contributed by atoms with Gasteiger partial charge in [0.2, 0.25) is 0 Å². The van der Waals surface area contributed by atoms with E-state index in [0.717, 1.165) is 5.92 Å². The van der Waals surface area contributed by atoms with Crippen LogP contribution in [0.1, 0.15) is 34.1 Å². The zero-order chi connectivity index (χ0) is 12.9. The number of nitrogens with zero attached hydrogens (tertiary/aromatic N) is 2. The predicted molar refractivity (Wildman–Crippen MR) is 79.9 cm³/mol. The van der Waals surface area contributed by atoms with Gasteiger partial charge in [0.1, 0.15) is 0 Å². The van der Waals surface area contributed by atoms with Crippen LogP contribution >= 0.6 is 11.8 Å². The molecule has 0 aliphatic carbocycles. The topological polar surface area (TPSA) is 6.48 Å². The maximum atomic E-state index is 2.63. The van der Waals surface area contributed by atoms with E-state index < -0.39 is 0 Å². The van der Waals surface area contributed by atoms with Gasteiger partial charge < -0.3 is 9.80 Å². The van der Waals surface area contributed by atoms with Crippen LogP contribution in [0.25, 0.3) is 0 Å². The van der Waals surface area contributed by atoms with Gasteiger partial charge in [-0.15, -0.1) is 0 Å². The summed E-state index contributed by atoms with van der Waals surface area (Å²) in [5.74, 6) is 0.803. The number of hydrogen-bond acceptors (Lipinski definition) is 3. The SMILES string of the molecule is CSC(C)(C)CCN1CCN(CC(C)C)CC1. The van der Waals surface area contributed by atoms with Gasteiger partial charge >= 0.3 is 0 Å². The number of rotatable bonds is 6. The summed E-state index contributed by atoms with van der Waals surface area (Å²) in [6, 6.07) is 0. The molecule has 0 radical (unpaired) electrons. The summed E-state index contributed by atoms with van der Waals surface area (Å²) < 4.78 is 0.440. The van der Waals surface area contributed by atoms with Crippen LogP contribution in [-0.4, -0.2) is 60.1 Å². The van der Waals surface area contributed by atoms with E-state index in [1.165, 1.54) is 45.7 Å². The smallest absolute Gasteiger partial charge is 0.0113 e. The zero-order valence-corrected chi connectivity index (χ0v) is 13.1. The van der Waals surface area contributed by atoms with E-state index in [1.54, 1.807) is 0 Å². The van der Waals surface area contributed by atoms with E-state index in [2.05, 4.69) is 43.8 Å². The average molecular weight is 258 g/mol. The van der Waals surface area contributed by atoms with Crippen LogP contribution in [0.15, 0.2) is 0 Å². The summed E-state index contributed by atoms with van der Waals surface area (Å²) in [4.78, 5) is 5.25. The first-order chi connectivity index (χ1) is 7.93. The first-order valence-corrected chi connectivity index (χ1v) is 8.15. The van der Waals surface area contributed by atoms with Gasteiger partial charge in [0.05, 0.1) is 0 Å². The maximum Gasteiger partial charge on any atom is 0.0113 e. The summed E-state index contributed by atoms with van der Waals surface area (Å²) >= 11 is 1.99. The van der Waals surface area contributed by atoms with Crippen molar-refractivity contribution in [2.24, 2.45) is 5.92 Å². The van der Waals surface area contributed by atoms with Crippen molar-refractivity contribution in [2.75, 3.05) is 45.5 Å². The molecule has 1 aliphatic rings. The van der Waals surface area contributed by atoms with E-state index in [0.29, 0.717) is 4.75 Å². The lowest BCUT2D eigenvalue weighted by Gasteiger charge is -2.36. The molecule has 17 heavy (non-hydrogen) atoms. The van der Waals surface area contributed by atoms with E-state index >= 15 is 0 Å². The second kappa shape index (κ2) is 7.01. The third-order valence-electron chi connectivity index (χ3n) is 3.67. The molecule has 0 atom stereocenters. The van der Waals surface area contributed by atoms with Gasteiger partial charge in [-0.05, 0) is 25.1 Å². The Bertz CT molecular complexity index is 208. The molecule has 102 valence electrons. The summed E-state index contributed by atoms with van der Waals surface area (Å²) in [5, 5.41) is 0. The third-order valence-corrected chi connectivity index (χ3v) is 4.98. The lowest BCUT2D eigenvalue weighted by Crippen LogP contribution is -2.48. The van der Waals surface area contributed by atoms with Crippen LogP contribution in [0.5, 0.6) is 0 Å². The lowest BCUT2D eigenvalue weighted by molar-refractivity contribution is 0.119. The minimum atomic E-state index is 0.440. The third kappa shape index (κ3) is 6.12. The summed E-state index contributed by atoms with van der Waals surface area (Å²) in [6.07, 6.45) is 3.53. The van der Waals surface area contributed by atoms with Gasteiger partial charge in [-0.1, -0.05) is 27.7 Å². The van der Waals surface area contributed by atoms with Gasteiger partial charge in [0.15, 0.2) is 0 Å². The molecule has 0 amide bonds. The highest BCUT2D eigenvalue weighted by atomic mass is 32.2. The highest BCUT2D eigenvalue weighted by Gasteiger charge is 2.21. The fourth-order valence-corrected chi connectivity index (χ4v) is 2.54. The Balaban J connectivity index is 2.19. The van der Waals surface area contributed by atoms with Crippen molar-refractivity contribution in [1.82, 2.24) is 9.80 Å². The van der Waals surface area contributed by atoms with Crippen molar-refractivity contribution >= 4 is 11.8 Å². The zero-order valence-electron chi connectivity index (χ0n) is 12.3. The summed E-state index contributed by atoms with van der Waals surface area (Å²) in [6.45, 7) is 16.9. The van der Waals surface area contributed by atoms with Gasteiger partial charge in [-0.2, -0.15) is 11.8 Å². The van der Waals surface area contributed by atoms with Gasteiger partial charge in [0, 0.05) is 37.5 Å². The van der Waals surface area contributed by atoms with Crippen LogP contribution in [0.2, 0.25) is 0 Å². The molecule has 1 aliphatic heterocycles. The minimum absolute atomic E-state index is 0.440. The Morgan fingerprint density at radius 3 is 2.06 bits per heavy atom. The normalized spacial score (nSPS) is 20.1. The summed E-state index contributed by atoms with van der Waals surface area (Å²) in [5.41, 5.74) is 0. The summed E-state index contributed by atoms with van der Waals surface area (Å²) in [7, 11) is 0. The molecule has 0 bridgehead atoms. The van der Waals surface area contributed by atoms with Crippen LogP contribution in [-0.2, 0) is 0 Å². The molecule has 0 aromatic heterocycles. The molecule has 1 saturated heterocycles. The first-order valence-electron chi connectivity index (χ1n) is 6.93. The number of thioether (sulfide) groups is 1. The molecule has 1 heterocycles. The fraction of sp³-hybridized carbons (Fsp3) is 1.00. The van der Waals surface area contributed by atoms with Crippen molar-refractivity contribution in [2.45, 2.75) is 38.9 Å². The van der Waals surface area contributed by atoms with Crippen LogP contribution in [0.4, 0.5) is 0 Å². The number of hydrogen-bond donors (Lipinski definition) is 0. The average Bonchev–Trinajstić information content (AvgIpc) is 2.28. The maximum absolute atomic E-state index is 2.63. The van der Waals surface area contributed by atoms with Crippen LogP contribution < -0.4 is 0 Å². The lowest BCUT2D eigenvalue weighted by atomic mass is 10.1. The van der Waals surface area contributed by atoms with E-state index in [9.17, 15) is 0 Å². The number of piperazine rings is 1.